The molecule has 7 nitrogen and oxygen atoms in total. The number of aliphatic carboxylic acids is 2. The molecule has 0 spiro atoms. The van der Waals surface area contributed by atoms with Gasteiger partial charge in [0.2, 0.25) is 11.8 Å². The molecule has 7 heteroatoms. The van der Waals surface area contributed by atoms with Crippen molar-refractivity contribution in [2.75, 3.05) is 6.54 Å². The highest BCUT2D eigenvalue weighted by molar-refractivity contribution is 6.02. The Labute approximate surface area is 103 Å². The van der Waals surface area contributed by atoms with E-state index in [0.717, 1.165) is 4.90 Å². The first kappa shape index (κ1) is 13.9. The summed E-state index contributed by atoms with van der Waals surface area (Å²) in [6, 6.07) is 0. The van der Waals surface area contributed by atoms with Gasteiger partial charge in [0.25, 0.3) is 0 Å². The molecule has 1 aliphatic rings. The molecule has 98 valence electrons. The molecule has 0 radical (unpaired) electrons. The molecule has 1 saturated heterocycles. The van der Waals surface area contributed by atoms with Gasteiger partial charge < -0.3 is 10.2 Å². The zero-order chi connectivity index (χ0) is 13.9. The third kappa shape index (κ3) is 2.93. The Morgan fingerprint density at radius 1 is 1.11 bits per heavy atom. The lowest BCUT2D eigenvalue weighted by molar-refractivity contribution is -0.139. The minimum Gasteiger partial charge on any atom is -0.478 e. The van der Waals surface area contributed by atoms with Gasteiger partial charge in [0, 0.05) is 30.5 Å². The number of carbonyl (C=O) groups is 4. The zero-order valence-corrected chi connectivity index (χ0v) is 9.80. The van der Waals surface area contributed by atoms with Crippen LogP contribution >= 0.6 is 0 Å². The Morgan fingerprint density at radius 3 is 2.00 bits per heavy atom. The summed E-state index contributed by atoms with van der Waals surface area (Å²) in [7, 11) is 0. The molecule has 1 aliphatic heterocycles. The van der Waals surface area contributed by atoms with Gasteiger partial charge in [0.1, 0.15) is 0 Å². The van der Waals surface area contributed by atoms with Crippen molar-refractivity contribution in [3.8, 4) is 0 Å². The number of carbonyl (C=O) groups excluding carboxylic acids is 2. The van der Waals surface area contributed by atoms with Crippen LogP contribution in [0.25, 0.3) is 0 Å². The Kier molecular flexibility index (Phi) is 4.19. The van der Waals surface area contributed by atoms with Crippen LogP contribution in [0.4, 0.5) is 0 Å². The van der Waals surface area contributed by atoms with Gasteiger partial charge in [0.05, 0.1) is 0 Å². The highest BCUT2D eigenvalue weighted by Gasteiger charge is 2.29. The molecule has 0 aromatic carbocycles. The van der Waals surface area contributed by atoms with Crippen molar-refractivity contribution in [3.05, 3.63) is 11.1 Å². The summed E-state index contributed by atoms with van der Waals surface area (Å²) in [5.41, 5.74) is -0.586. The average Bonchev–Trinajstić information content (AvgIpc) is 2.59. The molecule has 1 fully saturated rings. The van der Waals surface area contributed by atoms with Crippen molar-refractivity contribution in [2.24, 2.45) is 0 Å². The fourth-order valence-electron chi connectivity index (χ4n) is 1.68. The maximum atomic E-state index is 11.3. The van der Waals surface area contributed by atoms with Crippen LogP contribution in [0.1, 0.15) is 26.2 Å². The maximum absolute atomic E-state index is 11.3. The van der Waals surface area contributed by atoms with E-state index in [1.165, 1.54) is 6.92 Å². The number of amides is 2. The van der Waals surface area contributed by atoms with E-state index in [0.29, 0.717) is 0 Å². The number of nitrogens with zero attached hydrogens (tertiary/aromatic N) is 1. The van der Waals surface area contributed by atoms with Crippen molar-refractivity contribution >= 4 is 23.8 Å². The fraction of sp³-hybridized carbons (Fsp3) is 0.455. The predicted octanol–water partition coefficient (Wildman–Crippen LogP) is 0.0112. The predicted molar refractivity (Wildman–Crippen MR) is 58.5 cm³/mol. The summed E-state index contributed by atoms with van der Waals surface area (Å²) in [6.45, 7) is 1.09. The average molecular weight is 255 g/mol. The van der Waals surface area contributed by atoms with Crippen LogP contribution in [0.2, 0.25) is 0 Å². The van der Waals surface area contributed by atoms with Crippen LogP contribution in [-0.4, -0.2) is 45.4 Å². The van der Waals surface area contributed by atoms with Gasteiger partial charge in [0.15, 0.2) is 0 Å². The summed E-state index contributed by atoms with van der Waals surface area (Å²) < 4.78 is 0. The van der Waals surface area contributed by atoms with Gasteiger partial charge in [-0.2, -0.15) is 0 Å². The van der Waals surface area contributed by atoms with Gasteiger partial charge in [-0.25, -0.2) is 9.59 Å². The lowest BCUT2D eigenvalue weighted by atomic mass is 10.1. The van der Waals surface area contributed by atoms with Crippen LogP contribution in [0.15, 0.2) is 11.1 Å². The Bertz CT molecular complexity index is 434. The molecule has 0 aromatic rings. The first-order valence-corrected chi connectivity index (χ1v) is 5.34. The second-order valence-electron chi connectivity index (χ2n) is 3.90. The summed E-state index contributed by atoms with van der Waals surface area (Å²) in [4.78, 5) is 45.2. The second kappa shape index (κ2) is 5.44. The third-order valence-corrected chi connectivity index (χ3v) is 2.77. The van der Waals surface area contributed by atoms with E-state index in [-0.39, 0.29) is 48.8 Å². The minimum absolute atomic E-state index is 0.0933. The molecule has 1 heterocycles. The van der Waals surface area contributed by atoms with Crippen molar-refractivity contribution < 1.29 is 29.4 Å². The lowest BCUT2D eigenvalue weighted by Crippen LogP contribution is -2.31. The van der Waals surface area contributed by atoms with Gasteiger partial charge in [-0.1, -0.05) is 0 Å². The smallest absolute Gasteiger partial charge is 0.332 e. The van der Waals surface area contributed by atoms with E-state index < -0.39 is 11.9 Å². The minimum atomic E-state index is -1.35. The Morgan fingerprint density at radius 2 is 1.61 bits per heavy atom. The van der Waals surface area contributed by atoms with Gasteiger partial charge in [-0.3, -0.25) is 14.5 Å². The standard InChI is InChI=1S/C11H13NO6/c1-6(10(15)16)7(11(17)18)4-5-12-8(13)2-3-9(12)14/h2-5H2,1H3,(H,15,16)(H,17,18)/b7-6+. The highest BCUT2D eigenvalue weighted by atomic mass is 16.4. The van der Waals surface area contributed by atoms with E-state index in [9.17, 15) is 19.2 Å². The number of imide groups is 1. The zero-order valence-electron chi connectivity index (χ0n) is 9.80. The summed E-state index contributed by atoms with van der Waals surface area (Å²) in [6.07, 6.45) is 0.0939. The van der Waals surface area contributed by atoms with Gasteiger partial charge in [-0.15, -0.1) is 0 Å². The number of carboxylic acids is 2. The topological polar surface area (TPSA) is 112 Å². The number of hydrogen-bond donors (Lipinski definition) is 2. The van der Waals surface area contributed by atoms with E-state index in [1.807, 2.05) is 0 Å². The van der Waals surface area contributed by atoms with Crippen molar-refractivity contribution in [2.45, 2.75) is 26.2 Å². The maximum Gasteiger partial charge on any atom is 0.332 e. The monoisotopic (exact) mass is 255 g/mol. The first-order chi connectivity index (χ1) is 8.34. The number of rotatable bonds is 5. The van der Waals surface area contributed by atoms with Crippen molar-refractivity contribution in [3.63, 3.8) is 0 Å². The van der Waals surface area contributed by atoms with Crippen LogP contribution in [0.3, 0.4) is 0 Å². The first-order valence-electron chi connectivity index (χ1n) is 5.34. The quantitative estimate of drug-likeness (QED) is 0.528. The largest absolute Gasteiger partial charge is 0.478 e. The van der Waals surface area contributed by atoms with E-state index in [2.05, 4.69) is 0 Å². The molecule has 0 aliphatic carbocycles. The Hall–Kier alpha value is -2.18. The molecule has 2 N–H and O–H groups in total. The molecule has 0 atom stereocenters. The fourth-order valence-corrected chi connectivity index (χ4v) is 1.68. The SMILES string of the molecule is C/C(C(=O)O)=C(/CCN1C(=O)CCC1=O)C(=O)O. The second-order valence-corrected chi connectivity index (χ2v) is 3.90. The van der Waals surface area contributed by atoms with E-state index in [1.54, 1.807) is 0 Å². The number of hydrogen-bond acceptors (Lipinski definition) is 4. The molecular weight excluding hydrogens is 242 g/mol. The summed E-state index contributed by atoms with van der Waals surface area (Å²) >= 11 is 0. The summed E-state index contributed by atoms with van der Waals surface area (Å²) in [5.74, 6) is -3.38. The molecule has 0 saturated carbocycles. The number of carboxylic acid groups (broad SMARTS) is 2. The highest BCUT2D eigenvalue weighted by Crippen LogP contribution is 2.16. The molecular formula is C11H13NO6. The van der Waals surface area contributed by atoms with E-state index >= 15 is 0 Å². The third-order valence-electron chi connectivity index (χ3n) is 2.77. The van der Waals surface area contributed by atoms with Gasteiger partial charge in [-0.05, 0) is 13.3 Å². The molecule has 0 aromatic heterocycles. The molecule has 1 rings (SSSR count). The molecule has 0 bridgehead atoms. The number of likely N-dealkylation sites (tertiary alicyclic amines) is 1. The van der Waals surface area contributed by atoms with Crippen LogP contribution < -0.4 is 0 Å². The van der Waals surface area contributed by atoms with Crippen LogP contribution in [0.5, 0.6) is 0 Å². The molecule has 2 amide bonds. The van der Waals surface area contributed by atoms with Gasteiger partial charge >= 0.3 is 11.9 Å². The van der Waals surface area contributed by atoms with Crippen LogP contribution in [-0.2, 0) is 19.2 Å². The van der Waals surface area contributed by atoms with Crippen molar-refractivity contribution in [1.82, 2.24) is 4.90 Å². The lowest BCUT2D eigenvalue weighted by Gasteiger charge is -2.14. The van der Waals surface area contributed by atoms with Crippen LogP contribution in [0, 0.1) is 0 Å². The summed E-state index contributed by atoms with van der Waals surface area (Å²) in [5, 5.41) is 17.6. The molecule has 18 heavy (non-hydrogen) atoms. The van der Waals surface area contributed by atoms with Crippen molar-refractivity contribution in [1.29, 1.82) is 0 Å². The normalized spacial score (nSPS) is 16.8. The Balaban J connectivity index is 2.79. The van der Waals surface area contributed by atoms with E-state index in [4.69, 9.17) is 10.2 Å². The molecule has 0 unspecified atom stereocenters.